The minimum atomic E-state index is -0.670. The second-order valence-corrected chi connectivity index (χ2v) is 5.44. The van der Waals surface area contributed by atoms with Crippen LogP contribution in [0.4, 0.5) is 11.4 Å². The largest absolute Gasteiger partial charge is 0.508 e. The van der Waals surface area contributed by atoms with Crippen molar-refractivity contribution in [2.24, 2.45) is 10.2 Å². The van der Waals surface area contributed by atoms with Crippen molar-refractivity contribution in [2.75, 3.05) is 0 Å². The molecule has 0 saturated carbocycles. The third-order valence-electron chi connectivity index (χ3n) is 2.98. The average molecular weight is 359 g/mol. The van der Waals surface area contributed by atoms with Crippen LogP contribution in [0.5, 0.6) is 5.75 Å². The van der Waals surface area contributed by atoms with Crippen molar-refractivity contribution in [3.63, 3.8) is 0 Å². The second-order valence-electron chi connectivity index (χ2n) is 4.52. The maximum atomic E-state index is 9.92. The molecule has 1 aliphatic heterocycles. The number of rotatable bonds is 3. The van der Waals surface area contributed by atoms with E-state index < -0.39 is 7.12 Å². The van der Waals surface area contributed by atoms with E-state index in [1.54, 1.807) is 12.1 Å². The Kier molecular flexibility index (Phi) is 4.94. The van der Waals surface area contributed by atoms with Crippen LogP contribution in [0, 0.1) is 0 Å². The molecular weight excluding hydrogens is 348 g/mol. The molecule has 1 heterocycles. The summed E-state index contributed by atoms with van der Waals surface area (Å²) >= 11 is 3.36. The van der Waals surface area contributed by atoms with Gasteiger partial charge in [-0.2, -0.15) is 10.2 Å². The fraction of sp³-hybridized carbons (Fsp3) is 0. The fourth-order valence-electron chi connectivity index (χ4n) is 1.90. The highest BCUT2D eigenvalue weighted by molar-refractivity contribution is 9.10. The van der Waals surface area contributed by atoms with Gasteiger partial charge in [0.2, 0.25) is 0 Å². The Morgan fingerprint density at radius 1 is 0.955 bits per heavy atom. The quantitative estimate of drug-likeness (QED) is 0.671. The number of nitrogens with zero attached hydrogens (tertiary/aromatic N) is 2. The lowest BCUT2D eigenvalue weighted by Gasteiger charge is -2.20. The number of phenolic OH excluding ortho intramolecular Hbond substituents is 1. The van der Waals surface area contributed by atoms with Crippen molar-refractivity contribution in [3.8, 4) is 5.75 Å². The second kappa shape index (κ2) is 7.10. The fourth-order valence-corrected chi connectivity index (χ4v) is 2.16. The summed E-state index contributed by atoms with van der Waals surface area (Å²) in [6.07, 6.45) is 0. The first-order valence-corrected chi connectivity index (χ1v) is 7.33. The Bertz CT molecular complexity index is 681. The molecule has 0 unspecified atom stereocenters. The van der Waals surface area contributed by atoms with E-state index in [0.29, 0.717) is 11.2 Å². The molecular formula is C12H10B3BrN2O4. The molecule has 1 N–H and O–H groups in total. The zero-order chi connectivity index (χ0) is 15.4. The molecule has 0 spiro atoms. The molecule has 6 nitrogen and oxygen atoms in total. The molecule has 2 aromatic carbocycles. The zero-order valence-corrected chi connectivity index (χ0v) is 13.1. The number of azo groups is 1. The van der Waals surface area contributed by atoms with Gasteiger partial charge < -0.3 is 18.8 Å². The van der Waals surface area contributed by atoms with Crippen LogP contribution in [0.2, 0.25) is 0 Å². The summed E-state index contributed by atoms with van der Waals surface area (Å²) < 4.78 is 16.5. The SMILES string of the molecule is Oc1ccc(N=Nc2ccc(Br)cc2)cc1B1OBOBO1. The van der Waals surface area contributed by atoms with Gasteiger partial charge >= 0.3 is 22.5 Å². The molecule has 10 heteroatoms. The van der Waals surface area contributed by atoms with Crippen molar-refractivity contribution in [3.05, 3.63) is 46.9 Å². The predicted octanol–water partition coefficient (Wildman–Crippen LogP) is 1.86. The number of hydrogen-bond donors (Lipinski definition) is 1. The van der Waals surface area contributed by atoms with E-state index in [-0.39, 0.29) is 21.1 Å². The Morgan fingerprint density at radius 2 is 1.59 bits per heavy atom. The molecule has 0 aliphatic carbocycles. The molecule has 108 valence electrons. The summed E-state index contributed by atoms with van der Waals surface area (Å²) in [6.45, 7) is 0. The van der Waals surface area contributed by atoms with Gasteiger partial charge in [0.25, 0.3) is 0 Å². The van der Waals surface area contributed by atoms with Crippen molar-refractivity contribution in [1.29, 1.82) is 0 Å². The molecule has 0 amide bonds. The van der Waals surface area contributed by atoms with Gasteiger partial charge in [0.05, 0.1) is 11.4 Å². The molecule has 0 bridgehead atoms. The first kappa shape index (κ1) is 15.3. The number of phenols is 1. The monoisotopic (exact) mass is 358 g/mol. The van der Waals surface area contributed by atoms with Crippen LogP contribution in [0.25, 0.3) is 0 Å². The number of halogens is 1. The first-order valence-electron chi connectivity index (χ1n) is 6.53. The highest BCUT2D eigenvalue weighted by atomic mass is 79.9. The van der Waals surface area contributed by atoms with E-state index in [0.717, 1.165) is 10.2 Å². The van der Waals surface area contributed by atoms with E-state index in [1.807, 2.05) is 24.3 Å². The highest BCUT2D eigenvalue weighted by Gasteiger charge is 2.28. The van der Waals surface area contributed by atoms with E-state index >= 15 is 0 Å². The Morgan fingerprint density at radius 3 is 2.32 bits per heavy atom. The van der Waals surface area contributed by atoms with E-state index in [2.05, 4.69) is 26.2 Å². The van der Waals surface area contributed by atoms with Crippen LogP contribution in [0.1, 0.15) is 0 Å². The van der Waals surface area contributed by atoms with Crippen molar-refractivity contribution in [2.45, 2.75) is 0 Å². The van der Waals surface area contributed by atoms with Crippen LogP contribution in [0.3, 0.4) is 0 Å². The topological polar surface area (TPSA) is 72.6 Å². The molecule has 1 saturated heterocycles. The van der Waals surface area contributed by atoms with Gasteiger partial charge in [0, 0.05) is 9.94 Å². The number of benzene rings is 2. The number of hydrogen-bond acceptors (Lipinski definition) is 6. The molecule has 22 heavy (non-hydrogen) atoms. The highest BCUT2D eigenvalue weighted by Crippen LogP contribution is 2.22. The van der Waals surface area contributed by atoms with Gasteiger partial charge in [-0.1, -0.05) is 15.9 Å². The molecule has 1 fully saturated rings. The molecule has 0 aromatic heterocycles. The standard InChI is InChI=1S/C12H10B3BrN2O4/c16-8-1-3-9(4-2-8)17-18-10-5-6-12(19)11(7-10)15-21-13-20-14-22-15/h1-7,13-14,19H. The van der Waals surface area contributed by atoms with Gasteiger partial charge in [-0.3, -0.25) is 0 Å². The minimum Gasteiger partial charge on any atom is -0.508 e. The summed E-state index contributed by atoms with van der Waals surface area (Å²) in [5.74, 6) is 0.0782. The summed E-state index contributed by atoms with van der Waals surface area (Å²) in [7, 11) is -0.430. The molecule has 1 aliphatic rings. The number of aromatic hydroxyl groups is 1. The van der Waals surface area contributed by atoms with E-state index in [4.69, 9.17) is 13.7 Å². The summed E-state index contributed by atoms with van der Waals surface area (Å²) in [6, 6.07) is 12.3. The summed E-state index contributed by atoms with van der Waals surface area (Å²) in [5, 5.41) is 18.2. The van der Waals surface area contributed by atoms with E-state index in [9.17, 15) is 5.11 Å². The normalized spacial score (nSPS) is 14.7. The zero-order valence-electron chi connectivity index (χ0n) is 11.5. The third kappa shape index (κ3) is 3.78. The average Bonchev–Trinajstić information content (AvgIpc) is 2.56. The van der Waals surface area contributed by atoms with E-state index in [1.165, 1.54) is 6.07 Å². The van der Waals surface area contributed by atoms with Crippen LogP contribution >= 0.6 is 15.9 Å². The third-order valence-corrected chi connectivity index (χ3v) is 3.51. The predicted molar refractivity (Wildman–Crippen MR) is 89.4 cm³/mol. The molecule has 0 atom stereocenters. The first-order chi connectivity index (χ1) is 10.7. The Hall–Kier alpha value is -1.61. The molecule has 0 radical (unpaired) electrons. The smallest absolute Gasteiger partial charge is 0.469 e. The minimum absolute atomic E-state index is 0.0782. The summed E-state index contributed by atoms with van der Waals surface area (Å²) in [5.41, 5.74) is 1.82. The lowest BCUT2D eigenvalue weighted by molar-refractivity contribution is 0.332. The maximum Gasteiger partial charge on any atom is 0.469 e. The Labute approximate surface area is 137 Å². The Balaban J connectivity index is 1.80. The van der Waals surface area contributed by atoms with Gasteiger partial charge in [0.1, 0.15) is 5.75 Å². The molecule has 2 aromatic rings. The molecule has 3 rings (SSSR count). The van der Waals surface area contributed by atoms with Crippen LogP contribution in [-0.2, 0) is 13.7 Å². The van der Waals surface area contributed by atoms with Gasteiger partial charge in [0.15, 0.2) is 0 Å². The van der Waals surface area contributed by atoms with Crippen molar-refractivity contribution >= 4 is 55.3 Å². The summed E-state index contributed by atoms with van der Waals surface area (Å²) in [4.78, 5) is 0. The van der Waals surface area contributed by atoms with Crippen LogP contribution in [0.15, 0.2) is 57.2 Å². The van der Waals surface area contributed by atoms with Crippen LogP contribution in [-0.4, -0.2) is 27.6 Å². The van der Waals surface area contributed by atoms with Gasteiger partial charge in [-0.15, -0.1) is 0 Å². The maximum absolute atomic E-state index is 9.92. The van der Waals surface area contributed by atoms with Gasteiger partial charge in [-0.25, -0.2) is 0 Å². The van der Waals surface area contributed by atoms with Gasteiger partial charge in [-0.05, 0) is 42.5 Å². The van der Waals surface area contributed by atoms with Crippen molar-refractivity contribution in [1.82, 2.24) is 0 Å². The van der Waals surface area contributed by atoms with Crippen molar-refractivity contribution < 1.29 is 18.8 Å². The lowest BCUT2D eigenvalue weighted by Crippen LogP contribution is -2.44. The van der Waals surface area contributed by atoms with Crippen LogP contribution < -0.4 is 5.46 Å². The lowest BCUT2D eigenvalue weighted by atomic mass is 9.74.